The quantitative estimate of drug-likeness (QED) is 0.535. The normalized spacial score (nSPS) is 42.3. The van der Waals surface area contributed by atoms with Gasteiger partial charge in [-0.2, -0.15) is 0 Å². The molecule has 0 saturated heterocycles. The summed E-state index contributed by atoms with van der Waals surface area (Å²) in [5, 5.41) is 22.7. The molecule has 1 rings (SSSR count). The maximum atomic E-state index is 11.3. The van der Waals surface area contributed by atoms with E-state index in [1.54, 1.807) is 24.3 Å². The summed E-state index contributed by atoms with van der Waals surface area (Å²) in [4.78, 5) is 0. The average Bonchev–Trinajstić information content (AvgIpc) is 2.10. The molecule has 0 aromatic heterocycles. The van der Waals surface area contributed by atoms with Gasteiger partial charge in [-0.05, 0) is 25.7 Å². The summed E-state index contributed by atoms with van der Waals surface area (Å²) < 4.78 is 0. The Hall–Kier alpha value is -0.600. The van der Waals surface area contributed by atoms with Gasteiger partial charge in [-0.1, -0.05) is 24.3 Å². The van der Waals surface area contributed by atoms with Crippen molar-refractivity contribution in [3.8, 4) is 0 Å². The second-order valence-electron chi connectivity index (χ2n) is 3.14. The van der Waals surface area contributed by atoms with Crippen molar-refractivity contribution in [2.24, 2.45) is 11.8 Å². The summed E-state index contributed by atoms with van der Waals surface area (Å²) in [7, 11) is 0. The minimum absolute atomic E-state index is 0.295. The molecule has 0 amide bonds. The summed E-state index contributed by atoms with van der Waals surface area (Å²) >= 11 is 0. The Labute approximate surface area is 73.2 Å². The minimum Gasteiger partial charge on any atom is -0.851 e. The van der Waals surface area contributed by atoms with Gasteiger partial charge in [0.05, 0.1) is 0 Å². The molecular weight excluding hydrogens is 152 g/mol. The molecule has 0 atom stereocenters. The molecule has 0 unspecified atom stereocenters. The van der Waals surface area contributed by atoms with Crippen molar-refractivity contribution in [1.82, 2.24) is 0 Å². The van der Waals surface area contributed by atoms with E-state index in [9.17, 15) is 10.2 Å². The van der Waals surface area contributed by atoms with Crippen LogP contribution in [0, 0.1) is 11.8 Å². The van der Waals surface area contributed by atoms with Gasteiger partial charge in [-0.25, -0.2) is 0 Å². The van der Waals surface area contributed by atoms with Gasteiger partial charge >= 0.3 is 0 Å². The van der Waals surface area contributed by atoms with E-state index in [2.05, 4.69) is 0 Å². The van der Waals surface area contributed by atoms with Crippen LogP contribution >= 0.6 is 0 Å². The Kier molecular flexibility index (Phi) is 3.06. The highest BCUT2D eigenvalue weighted by Gasteiger charge is 2.32. The Bertz CT molecular complexity index is 166. The minimum atomic E-state index is -0.722. The lowest BCUT2D eigenvalue weighted by molar-refractivity contribution is -0.549. The molecule has 1 aliphatic carbocycles. The summed E-state index contributed by atoms with van der Waals surface area (Å²) in [6.07, 6.45) is 5.59. The molecule has 0 radical (unpaired) electrons. The number of allylic oxidation sites excluding steroid dienone is 2. The molecule has 0 spiro atoms. The Morgan fingerprint density at radius 2 is 1.17 bits per heavy atom. The van der Waals surface area contributed by atoms with Gasteiger partial charge in [0.1, 0.15) is 0 Å². The number of rotatable bonds is 2. The summed E-state index contributed by atoms with van der Waals surface area (Å²) in [5.41, 5.74) is 0. The molecule has 0 bridgehead atoms. The van der Waals surface area contributed by atoms with Gasteiger partial charge in [0, 0.05) is 0 Å². The zero-order valence-corrected chi connectivity index (χ0v) is 7.44. The monoisotopic (exact) mass is 166 g/mol. The van der Waals surface area contributed by atoms with Crippen LogP contribution in [0.3, 0.4) is 0 Å². The van der Waals surface area contributed by atoms with E-state index in [4.69, 9.17) is 0 Å². The van der Waals surface area contributed by atoms with Crippen LogP contribution in [0.2, 0.25) is 0 Å². The third-order valence-corrected chi connectivity index (χ3v) is 2.35. The van der Waals surface area contributed by atoms with Crippen LogP contribution in [0.15, 0.2) is 24.3 Å². The Balaban J connectivity index is 2.55. The number of hydrogen-bond donors (Lipinski definition) is 0. The Morgan fingerprint density at radius 3 is 1.42 bits per heavy atom. The summed E-state index contributed by atoms with van der Waals surface area (Å²) in [5.74, 6) is -0.590. The fourth-order valence-electron chi connectivity index (χ4n) is 1.62. The van der Waals surface area contributed by atoms with Crippen molar-refractivity contribution >= 4 is 0 Å². The van der Waals surface area contributed by atoms with Crippen molar-refractivity contribution in [3.63, 3.8) is 0 Å². The highest BCUT2D eigenvalue weighted by Crippen LogP contribution is 2.32. The van der Waals surface area contributed by atoms with Crippen LogP contribution in [0.5, 0.6) is 0 Å². The molecule has 0 N–H and O–H groups in total. The molecule has 1 saturated carbocycles. The van der Waals surface area contributed by atoms with Crippen LogP contribution in [-0.4, -0.2) is 12.2 Å². The molecular formula is C10H14O2-2. The van der Waals surface area contributed by atoms with Gasteiger partial charge in [0.2, 0.25) is 0 Å². The van der Waals surface area contributed by atoms with Crippen molar-refractivity contribution in [1.29, 1.82) is 0 Å². The van der Waals surface area contributed by atoms with Crippen LogP contribution in [-0.2, 0) is 0 Å². The fourth-order valence-corrected chi connectivity index (χ4v) is 1.62. The lowest BCUT2D eigenvalue weighted by atomic mass is 9.68. The van der Waals surface area contributed by atoms with Crippen molar-refractivity contribution in [2.75, 3.05) is 0 Å². The molecule has 0 heterocycles. The van der Waals surface area contributed by atoms with Gasteiger partial charge in [-0.15, -0.1) is 12.2 Å². The van der Waals surface area contributed by atoms with Crippen LogP contribution in [0.25, 0.3) is 0 Å². The third kappa shape index (κ3) is 1.45. The van der Waals surface area contributed by atoms with E-state index in [-0.39, 0.29) is 11.8 Å². The third-order valence-electron chi connectivity index (χ3n) is 2.35. The van der Waals surface area contributed by atoms with Crippen LogP contribution in [0.4, 0.5) is 0 Å². The lowest BCUT2D eigenvalue weighted by Gasteiger charge is -2.59. The predicted molar refractivity (Wildman–Crippen MR) is 44.2 cm³/mol. The van der Waals surface area contributed by atoms with Crippen LogP contribution < -0.4 is 10.2 Å². The summed E-state index contributed by atoms with van der Waals surface area (Å²) in [6, 6.07) is 0. The van der Waals surface area contributed by atoms with E-state index < -0.39 is 12.2 Å². The second kappa shape index (κ2) is 3.87. The van der Waals surface area contributed by atoms with Crippen molar-refractivity contribution in [2.45, 2.75) is 26.1 Å². The maximum Gasteiger partial charge on any atom is -0.0470 e. The molecule has 12 heavy (non-hydrogen) atoms. The molecule has 0 aromatic rings. The summed E-state index contributed by atoms with van der Waals surface area (Å²) in [6.45, 7) is 3.67. The first-order chi connectivity index (χ1) is 5.72. The Morgan fingerprint density at radius 1 is 0.833 bits per heavy atom. The largest absolute Gasteiger partial charge is 0.851 e. The standard InChI is InChI=1S/C10H14O2/c1-3-5-7-9(11)8(6-4-2)10(7)12/h3-10H,1-2H3/q-2/b5-3-,6-4-. The van der Waals surface area contributed by atoms with Crippen molar-refractivity contribution < 1.29 is 10.2 Å². The van der Waals surface area contributed by atoms with Gasteiger partial charge in [-0.3, -0.25) is 0 Å². The molecule has 1 aliphatic rings. The molecule has 2 nitrogen and oxygen atoms in total. The van der Waals surface area contributed by atoms with Crippen LogP contribution in [0.1, 0.15) is 13.8 Å². The van der Waals surface area contributed by atoms with Crippen molar-refractivity contribution in [3.05, 3.63) is 24.3 Å². The second-order valence-corrected chi connectivity index (χ2v) is 3.14. The zero-order valence-electron chi connectivity index (χ0n) is 7.44. The molecule has 0 aromatic carbocycles. The molecule has 68 valence electrons. The first kappa shape index (κ1) is 9.49. The average molecular weight is 166 g/mol. The zero-order chi connectivity index (χ0) is 9.14. The molecule has 0 aliphatic heterocycles. The fraction of sp³-hybridized carbons (Fsp3) is 0.600. The predicted octanol–water partition coefficient (Wildman–Crippen LogP) is -0.158. The van der Waals surface area contributed by atoms with Gasteiger partial charge in [0.15, 0.2) is 0 Å². The van der Waals surface area contributed by atoms with Gasteiger partial charge in [0.25, 0.3) is 0 Å². The highest BCUT2D eigenvalue weighted by molar-refractivity contribution is 5.12. The lowest BCUT2D eigenvalue weighted by Crippen LogP contribution is -2.65. The highest BCUT2D eigenvalue weighted by atomic mass is 16.3. The molecule has 1 fully saturated rings. The van der Waals surface area contributed by atoms with E-state index >= 15 is 0 Å². The smallest absolute Gasteiger partial charge is 0.0470 e. The first-order valence-electron chi connectivity index (χ1n) is 4.29. The van der Waals surface area contributed by atoms with Gasteiger partial charge < -0.3 is 10.2 Å². The molecule has 2 heteroatoms. The first-order valence-corrected chi connectivity index (χ1v) is 4.29. The number of hydrogen-bond acceptors (Lipinski definition) is 2. The SMILES string of the molecule is C/C=C\C1C([O-])C(/C=C\C)C1[O-]. The van der Waals surface area contributed by atoms with E-state index in [0.29, 0.717) is 0 Å². The van der Waals surface area contributed by atoms with E-state index in [1.807, 2.05) is 13.8 Å². The van der Waals surface area contributed by atoms with E-state index in [0.717, 1.165) is 0 Å². The maximum absolute atomic E-state index is 11.3. The van der Waals surface area contributed by atoms with E-state index in [1.165, 1.54) is 0 Å². The topological polar surface area (TPSA) is 46.1 Å².